The summed E-state index contributed by atoms with van der Waals surface area (Å²) in [6, 6.07) is 6.85. The van der Waals surface area contributed by atoms with Gasteiger partial charge >= 0.3 is 0 Å². The molecule has 19 heavy (non-hydrogen) atoms. The third kappa shape index (κ3) is 2.85. The first-order valence-electron chi connectivity index (χ1n) is 5.79. The van der Waals surface area contributed by atoms with Gasteiger partial charge in [-0.1, -0.05) is 5.16 Å². The summed E-state index contributed by atoms with van der Waals surface area (Å²) in [6.07, 6.45) is 0. The molecule has 100 valence electrons. The van der Waals surface area contributed by atoms with Gasteiger partial charge in [-0.15, -0.1) is 0 Å². The van der Waals surface area contributed by atoms with Crippen molar-refractivity contribution in [1.82, 2.24) is 5.16 Å². The first-order valence-corrected chi connectivity index (χ1v) is 5.79. The minimum atomic E-state index is -0.274. The Morgan fingerprint density at radius 3 is 2.68 bits per heavy atom. The molecule has 0 saturated heterocycles. The molecule has 3 N–H and O–H groups in total. The number of carbonyl (C=O) groups is 1. The number of nitrogens with one attached hydrogen (secondary N) is 1. The Balaban J connectivity index is 2.30. The molecule has 0 aliphatic rings. The van der Waals surface area contributed by atoms with Crippen LogP contribution in [0.2, 0.25) is 0 Å². The predicted octanol–water partition coefficient (Wildman–Crippen LogP) is 1.88. The van der Waals surface area contributed by atoms with Crippen molar-refractivity contribution in [3.8, 4) is 0 Å². The van der Waals surface area contributed by atoms with Gasteiger partial charge in [-0.25, -0.2) is 0 Å². The van der Waals surface area contributed by atoms with Crippen LogP contribution in [0.4, 0.5) is 17.2 Å². The molecule has 1 aromatic carbocycles. The largest absolute Gasteiger partial charge is 0.399 e. The fourth-order valence-electron chi connectivity index (χ4n) is 1.73. The number of nitrogen functional groups attached to an aromatic ring is 1. The highest BCUT2D eigenvalue weighted by atomic mass is 16.5. The van der Waals surface area contributed by atoms with Crippen LogP contribution in [0.3, 0.4) is 0 Å². The van der Waals surface area contributed by atoms with E-state index < -0.39 is 0 Å². The van der Waals surface area contributed by atoms with Crippen LogP contribution in [-0.2, 0) is 0 Å². The number of hydrogen-bond donors (Lipinski definition) is 2. The van der Waals surface area contributed by atoms with Gasteiger partial charge < -0.3 is 20.5 Å². The predicted molar refractivity (Wildman–Crippen MR) is 74.4 cm³/mol. The standard InChI is InChI=1S/C13H16N4O2/c1-8-6-12(16-19-8)15-13(18)10-7-9(14)4-5-11(10)17(2)3/h4-7H,14H2,1-3H3,(H,15,16,18). The quantitative estimate of drug-likeness (QED) is 0.823. The second kappa shape index (κ2) is 5.01. The lowest BCUT2D eigenvalue weighted by Crippen LogP contribution is -2.19. The van der Waals surface area contributed by atoms with E-state index in [0.29, 0.717) is 22.8 Å². The number of rotatable bonds is 3. The zero-order chi connectivity index (χ0) is 14.0. The highest BCUT2D eigenvalue weighted by Gasteiger charge is 2.15. The minimum absolute atomic E-state index is 0.274. The van der Waals surface area contributed by atoms with E-state index in [0.717, 1.165) is 5.69 Å². The molecule has 6 heteroatoms. The normalized spacial score (nSPS) is 10.3. The fraction of sp³-hybridized carbons (Fsp3) is 0.231. The molecule has 0 atom stereocenters. The topological polar surface area (TPSA) is 84.4 Å². The smallest absolute Gasteiger partial charge is 0.259 e. The summed E-state index contributed by atoms with van der Waals surface area (Å²) < 4.78 is 4.90. The fourth-order valence-corrected chi connectivity index (χ4v) is 1.73. The molecule has 0 bridgehead atoms. The van der Waals surface area contributed by atoms with Crippen molar-refractivity contribution in [3.05, 3.63) is 35.6 Å². The van der Waals surface area contributed by atoms with Crippen molar-refractivity contribution in [1.29, 1.82) is 0 Å². The van der Waals surface area contributed by atoms with E-state index in [2.05, 4.69) is 10.5 Å². The Bertz CT molecular complexity index is 604. The van der Waals surface area contributed by atoms with Crippen LogP contribution >= 0.6 is 0 Å². The monoisotopic (exact) mass is 260 g/mol. The average Bonchev–Trinajstić information content (AvgIpc) is 2.74. The summed E-state index contributed by atoms with van der Waals surface area (Å²) in [5.74, 6) is 0.745. The summed E-state index contributed by atoms with van der Waals surface area (Å²) in [4.78, 5) is 14.1. The van der Waals surface area contributed by atoms with Crippen molar-refractivity contribution in [2.75, 3.05) is 30.0 Å². The number of nitrogens with two attached hydrogens (primary N) is 1. The van der Waals surface area contributed by atoms with Crippen LogP contribution in [0.5, 0.6) is 0 Å². The van der Waals surface area contributed by atoms with Crippen molar-refractivity contribution in [3.63, 3.8) is 0 Å². The van der Waals surface area contributed by atoms with E-state index >= 15 is 0 Å². The number of benzene rings is 1. The highest BCUT2D eigenvalue weighted by molar-refractivity contribution is 6.08. The van der Waals surface area contributed by atoms with Gasteiger partial charge in [0.1, 0.15) is 5.76 Å². The number of anilines is 3. The number of nitrogens with zero attached hydrogens (tertiary/aromatic N) is 2. The Morgan fingerprint density at radius 1 is 1.37 bits per heavy atom. The molecule has 0 aliphatic carbocycles. The Kier molecular flexibility index (Phi) is 3.41. The molecular formula is C13H16N4O2. The Morgan fingerprint density at radius 2 is 2.11 bits per heavy atom. The maximum Gasteiger partial charge on any atom is 0.259 e. The van der Waals surface area contributed by atoms with Gasteiger partial charge in [0.2, 0.25) is 0 Å². The van der Waals surface area contributed by atoms with Crippen LogP contribution in [0.25, 0.3) is 0 Å². The second-order valence-electron chi connectivity index (χ2n) is 4.45. The number of carbonyl (C=O) groups excluding carboxylic acids is 1. The molecule has 0 fully saturated rings. The van der Waals surface area contributed by atoms with Crippen molar-refractivity contribution in [2.45, 2.75) is 6.92 Å². The lowest BCUT2D eigenvalue weighted by Gasteiger charge is -2.17. The summed E-state index contributed by atoms with van der Waals surface area (Å²) in [7, 11) is 3.73. The number of amides is 1. The van der Waals surface area contributed by atoms with Gasteiger partial charge in [-0.2, -0.15) is 0 Å². The molecule has 0 spiro atoms. The lowest BCUT2D eigenvalue weighted by molar-refractivity contribution is 0.102. The zero-order valence-electron chi connectivity index (χ0n) is 11.1. The first-order chi connectivity index (χ1) is 8.97. The summed E-state index contributed by atoms with van der Waals surface area (Å²) in [6.45, 7) is 1.76. The maximum atomic E-state index is 12.2. The molecule has 0 radical (unpaired) electrons. The Labute approximate surface area is 111 Å². The van der Waals surface area contributed by atoms with Gasteiger partial charge in [0.15, 0.2) is 5.82 Å². The van der Waals surface area contributed by atoms with E-state index in [4.69, 9.17) is 10.3 Å². The molecule has 2 aromatic rings. The van der Waals surface area contributed by atoms with Crippen molar-refractivity contribution in [2.24, 2.45) is 0 Å². The molecule has 0 saturated carbocycles. The summed E-state index contributed by atoms with van der Waals surface area (Å²) in [5.41, 5.74) is 7.54. The molecule has 1 amide bonds. The SMILES string of the molecule is Cc1cc(NC(=O)c2cc(N)ccc2N(C)C)no1. The Hall–Kier alpha value is -2.50. The number of aryl methyl sites for hydroxylation is 1. The van der Waals surface area contributed by atoms with Crippen LogP contribution in [0.1, 0.15) is 16.1 Å². The van der Waals surface area contributed by atoms with Gasteiger partial charge in [-0.3, -0.25) is 4.79 Å². The summed E-state index contributed by atoms with van der Waals surface area (Å²) in [5, 5.41) is 6.40. The van der Waals surface area contributed by atoms with E-state index in [1.165, 1.54) is 0 Å². The minimum Gasteiger partial charge on any atom is -0.399 e. The molecular weight excluding hydrogens is 244 g/mol. The van der Waals surface area contributed by atoms with E-state index in [1.54, 1.807) is 31.2 Å². The zero-order valence-corrected chi connectivity index (χ0v) is 11.1. The van der Waals surface area contributed by atoms with Gasteiger partial charge in [-0.05, 0) is 25.1 Å². The lowest BCUT2D eigenvalue weighted by atomic mass is 10.1. The van der Waals surface area contributed by atoms with Crippen LogP contribution < -0.4 is 16.0 Å². The molecule has 1 aromatic heterocycles. The van der Waals surface area contributed by atoms with E-state index in [1.807, 2.05) is 19.0 Å². The van der Waals surface area contributed by atoms with E-state index in [9.17, 15) is 4.79 Å². The van der Waals surface area contributed by atoms with Gasteiger partial charge in [0, 0.05) is 31.5 Å². The molecule has 6 nitrogen and oxygen atoms in total. The van der Waals surface area contributed by atoms with Gasteiger partial charge in [0.05, 0.1) is 5.56 Å². The number of aromatic nitrogens is 1. The molecule has 2 rings (SSSR count). The van der Waals surface area contributed by atoms with Crippen LogP contribution in [0.15, 0.2) is 28.8 Å². The van der Waals surface area contributed by atoms with Crippen LogP contribution in [-0.4, -0.2) is 25.2 Å². The third-order valence-corrected chi connectivity index (χ3v) is 2.62. The first kappa shape index (κ1) is 12.9. The third-order valence-electron chi connectivity index (χ3n) is 2.62. The molecule has 0 unspecified atom stereocenters. The highest BCUT2D eigenvalue weighted by Crippen LogP contribution is 2.22. The van der Waals surface area contributed by atoms with Crippen molar-refractivity contribution < 1.29 is 9.32 Å². The van der Waals surface area contributed by atoms with Gasteiger partial charge in [0.25, 0.3) is 5.91 Å². The maximum absolute atomic E-state index is 12.2. The molecule has 0 aliphatic heterocycles. The average molecular weight is 260 g/mol. The number of hydrogen-bond acceptors (Lipinski definition) is 5. The molecule has 1 heterocycles. The second-order valence-corrected chi connectivity index (χ2v) is 4.45. The van der Waals surface area contributed by atoms with Crippen LogP contribution in [0, 0.1) is 6.92 Å². The van der Waals surface area contributed by atoms with E-state index in [-0.39, 0.29) is 5.91 Å². The summed E-state index contributed by atoms with van der Waals surface area (Å²) >= 11 is 0. The van der Waals surface area contributed by atoms with Crippen molar-refractivity contribution >= 4 is 23.1 Å².